The topological polar surface area (TPSA) is 59.8 Å². The van der Waals surface area contributed by atoms with Crippen molar-refractivity contribution in [1.82, 2.24) is 14.8 Å². The molecule has 0 aliphatic heterocycles. The van der Waals surface area contributed by atoms with Crippen LogP contribution in [0.25, 0.3) is 0 Å². The van der Waals surface area contributed by atoms with Crippen molar-refractivity contribution >= 4 is 11.7 Å². The van der Waals surface area contributed by atoms with Gasteiger partial charge >= 0.3 is 6.18 Å². The lowest BCUT2D eigenvalue weighted by Crippen LogP contribution is -2.16. The summed E-state index contributed by atoms with van der Waals surface area (Å²) in [5.41, 5.74) is 0.624. The maximum Gasteiger partial charge on any atom is 0.417 e. The molecule has 2 rings (SSSR count). The number of carbonyl (C=O) groups excluding carboxylic acids is 1. The van der Waals surface area contributed by atoms with Crippen molar-refractivity contribution in [1.29, 1.82) is 0 Å². The zero-order valence-corrected chi connectivity index (χ0v) is 11.4. The summed E-state index contributed by atoms with van der Waals surface area (Å²) in [5.74, 6) is -0.284. The number of rotatable bonds is 3. The highest BCUT2D eigenvalue weighted by molar-refractivity contribution is 5.91. The number of halogens is 3. The van der Waals surface area contributed by atoms with E-state index in [1.807, 2.05) is 0 Å². The highest BCUT2D eigenvalue weighted by Gasteiger charge is 2.30. The number of alkyl halides is 3. The first-order valence-corrected chi connectivity index (χ1v) is 6.08. The fourth-order valence-corrected chi connectivity index (χ4v) is 1.82. The van der Waals surface area contributed by atoms with Gasteiger partial charge in [-0.1, -0.05) is 0 Å². The third-order valence-corrected chi connectivity index (χ3v) is 2.82. The van der Waals surface area contributed by atoms with Gasteiger partial charge in [-0.25, -0.2) is 4.98 Å². The Morgan fingerprint density at radius 1 is 1.38 bits per heavy atom. The lowest BCUT2D eigenvalue weighted by atomic mass is 10.2. The number of carbonyl (C=O) groups is 1. The maximum absolute atomic E-state index is 12.4. The zero-order chi connectivity index (χ0) is 15.6. The molecular formula is C13H13F3N4O. The van der Waals surface area contributed by atoms with E-state index in [-0.39, 0.29) is 18.1 Å². The van der Waals surface area contributed by atoms with Crippen molar-refractivity contribution in [2.75, 3.05) is 5.32 Å². The molecule has 0 radical (unpaired) electrons. The first kappa shape index (κ1) is 15.0. The van der Waals surface area contributed by atoms with Gasteiger partial charge in [0.05, 0.1) is 17.7 Å². The van der Waals surface area contributed by atoms with Crippen LogP contribution in [-0.4, -0.2) is 20.7 Å². The summed E-state index contributed by atoms with van der Waals surface area (Å²) in [6.45, 7) is 1.78. The van der Waals surface area contributed by atoms with Crippen LogP contribution in [0, 0.1) is 6.92 Å². The van der Waals surface area contributed by atoms with Crippen LogP contribution in [0.5, 0.6) is 0 Å². The van der Waals surface area contributed by atoms with Gasteiger partial charge in [-0.3, -0.25) is 9.48 Å². The average molecular weight is 298 g/mol. The average Bonchev–Trinajstić information content (AvgIpc) is 2.67. The van der Waals surface area contributed by atoms with Gasteiger partial charge in [0.25, 0.3) is 0 Å². The van der Waals surface area contributed by atoms with E-state index in [1.54, 1.807) is 24.9 Å². The van der Waals surface area contributed by atoms with Gasteiger partial charge in [0.1, 0.15) is 5.82 Å². The lowest BCUT2D eigenvalue weighted by molar-refractivity contribution is -0.137. The fourth-order valence-electron chi connectivity index (χ4n) is 1.82. The highest BCUT2D eigenvalue weighted by atomic mass is 19.4. The van der Waals surface area contributed by atoms with Crippen LogP contribution in [0.3, 0.4) is 0 Å². The molecule has 21 heavy (non-hydrogen) atoms. The van der Waals surface area contributed by atoms with Gasteiger partial charge in [-0.2, -0.15) is 18.3 Å². The van der Waals surface area contributed by atoms with Crippen molar-refractivity contribution in [3.8, 4) is 0 Å². The number of aryl methyl sites for hydroxylation is 2. The summed E-state index contributed by atoms with van der Waals surface area (Å²) < 4.78 is 38.7. The number of nitrogens with one attached hydrogen (secondary N) is 1. The second-order valence-corrected chi connectivity index (χ2v) is 4.57. The van der Waals surface area contributed by atoms with E-state index in [0.29, 0.717) is 6.20 Å². The quantitative estimate of drug-likeness (QED) is 0.946. The maximum atomic E-state index is 12.4. The Labute approximate surface area is 118 Å². The number of anilines is 1. The van der Waals surface area contributed by atoms with Crippen LogP contribution in [0.2, 0.25) is 0 Å². The Morgan fingerprint density at radius 3 is 2.57 bits per heavy atom. The van der Waals surface area contributed by atoms with E-state index >= 15 is 0 Å². The molecule has 0 spiro atoms. The van der Waals surface area contributed by atoms with E-state index in [2.05, 4.69) is 15.4 Å². The fraction of sp³-hybridized carbons (Fsp3) is 0.308. The molecule has 0 unspecified atom stereocenters. The smallest absolute Gasteiger partial charge is 0.310 e. The first-order valence-electron chi connectivity index (χ1n) is 6.08. The van der Waals surface area contributed by atoms with Crippen LogP contribution in [0.4, 0.5) is 19.0 Å². The summed E-state index contributed by atoms with van der Waals surface area (Å²) in [5, 5.41) is 6.56. The minimum absolute atomic E-state index is 0.0783. The van der Waals surface area contributed by atoms with E-state index in [4.69, 9.17) is 0 Å². The zero-order valence-electron chi connectivity index (χ0n) is 11.4. The van der Waals surface area contributed by atoms with Crippen LogP contribution >= 0.6 is 0 Å². The molecule has 0 saturated heterocycles. The summed E-state index contributed by atoms with van der Waals surface area (Å²) in [6.07, 6.45) is -1.95. The van der Waals surface area contributed by atoms with Gasteiger partial charge in [-0.05, 0) is 19.1 Å². The largest absolute Gasteiger partial charge is 0.417 e. The van der Waals surface area contributed by atoms with Crippen LogP contribution in [-0.2, 0) is 24.4 Å². The monoisotopic (exact) mass is 298 g/mol. The molecule has 2 aromatic heterocycles. The number of nitrogens with zero attached hydrogens (tertiary/aromatic N) is 3. The third-order valence-electron chi connectivity index (χ3n) is 2.82. The van der Waals surface area contributed by atoms with E-state index < -0.39 is 11.7 Å². The predicted molar refractivity (Wildman–Crippen MR) is 69.5 cm³/mol. The molecule has 112 valence electrons. The Kier molecular flexibility index (Phi) is 3.97. The molecule has 5 nitrogen and oxygen atoms in total. The van der Waals surface area contributed by atoms with Gasteiger partial charge < -0.3 is 5.32 Å². The van der Waals surface area contributed by atoms with Gasteiger partial charge in [0, 0.05) is 25.0 Å². The summed E-state index contributed by atoms with van der Waals surface area (Å²) in [7, 11) is 1.74. The van der Waals surface area contributed by atoms with Gasteiger partial charge in [-0.15, -0.1) is 0 Å². The Hall–Kier alpha value is -2.38. The number of amides is 1. The van der Waals surface area contributed by atoms with Crippen molar-refractivity contribution in [2.24, 2.45) is 7.05 Å². The van der Waals surface area contributed by atoms with E-state index in [9.17, 15) is 18.0 Å². The van der Waals surface area contributed by atoms with Crippen LogP contribution in [0.1, 0.15) is 16.8 Å². The minimum Gasteiger partial charge on any atom is -0.310 e. The number of hydrogen-bond donors (Lipinski definition) is 1. The molecule has 0 aliphatic rings. The standard InChI is InChI=1S/C13H13F3N4O/c1-8-9(7-20(2)19-8)5-12(21)18-11-4-3-10(6-17-11)13(14,15)16/h3-4,6-7H,5H2,1-2H3,(H,17,18,21). The Balaban J connectivity index is 2.01. The van der Waals surface area contributed by atoms with Crippen molar-refractivity contribution in [3.63, 3.8) is 0 Å². The third kappa shape index (κ3) is 3.80. The normalized spacial score (nSPS) is 11.5. The lowest BCUT2D eigenvalue weighted by Gasteiger charge is -2.07. The predicted octanol–water partition coefficient (Wildman–Crippen LogP) is 2.32. The first-order chi connectivity index (χ1) is 9.75. The molecule has 0 saturated carbocycles. The molecule has 0 atom stereocenters. The molecule has 8 heteroatoms. The summed E-state index contributed by atoms with van der Waals surface area (Å²) in [4.78, 5) is 15.4. The van der Waals surface area contributed by atoms with Gasteiger partial charge in [0.15, 0.2) is 0 Å². The molecule has 2 aromatic rings. The second-order valence-electron chi connectivity index (χ2n) is 4.57. The number of pyridine rings is 1. The molecule has 1 N–H and O–H groups in total. The van der Waals surface area contributed by atoms with E-state index in [1.165, 1.54) is 0 Å². The molecule has 0 aromatic carbocycles. The van der Waals surface area contributed by atoms with Crippen LogP contribution < -0.4 is 5.32 Å². The molecule has 0 bridgehead atoms. The Bertz CT molecular complexity index is 646. The number of hydrogen-bond acceptors (Lipinski definition) is 3. The van der Waals surface area contributed by atoms with Crippen molar-refractivity contribution < 1.29 is 18.0 Å². The SMILES string of the molecule is Cc1nn(C)cc1CC(=O)Nc1ccc(C(F)(F)F)cn1. The molecule has 2 heterocycles. The Morgan fingerprint density at radius 2 is 2.10 bits per heavy atom. The van der Waals surface area contributed by atoms with E-state index in [0.717, 1.165) is 23.4 Å². The highest BCUT2D eigenvalue weighted by Crippen LogP contribution is 2.28. The molecule has 0 fully saturated rings. The minimum atomic E-state index is -4.44. The molecular weight excluding hydrogens is 285 g/mol. The number of aromatic nitrogens is 3. The van der Waals surface area contributed by atoms with Crippen molar-refractivity contribution in [3.05, 3.63) is 41.3 Å². The van der Waals surface area contributed by atoms with Gasteiger partial charge in [0.2, 0.25) is 5.91 Å². The van der Waals surface area contributed by atoms with Crippen molar-refractivity contribution in [2.45, 2.75) is 19.5 Å². The summed E-state index contributed by atoms with van der Waals surface area (Å²) >= 11 is 0. The molecule has 0 aliphatic carbocycles. The van der Waals surface area contributed by atoms with Crippen LogP contribution in [0.15, 0.2) is 24.5 Å². The molecule has 1 amide bonds. The second kappa shape index (κ2) is 5.55. The summed E-state index contributed by atoms with van der Waals surface area (Å²) in [6, 6.07) is 1.99.